The van der Waals surface area contributed by atoms with Gasteiger partial charge in [-0.3, -0.25) is 0 Å². The molecule has 24 heavy (non-hydrogen) atoms. The highest BCUT2D eigenvalue weighted by Gasteiger charge is 2.13. The Bertz CT molecular complexity index is 779. The molecule has 124 valence electrons. The molecule has 3 aromatic rings. The molecule has 0 saturated carbocycles. The molecule has 0 spiro atoms. The van der Waals surface area contributed by atoms with Gasteiger partial charge in [0.2, 0.25) is 0 Å². The van der Waals surface area contributed by atoms with Crippen molar-refractivity contribution in [2.24, 2.45) is 0 Å². The highest BCUT2D eigenvalue weighted by Crippen LogP contribution is 2.26. The molecule has 0 aliphatic heterocycles. The summed E-state index contributed by atoms with van der Waals surface area (Å²) in [6.45, 7) is 4.58. The number of benzene rings is 2. The van der Waals surface area contributed by atoms with E-state index in [0.717, 1.165) is 27.6 Å². The Balaban J connectivity index is 1.65. The minimum Gasteiger partial charge on any atom is -0.489 e. The normalized spacial score (nSPS) is 12.1. The molecule has 1 atom stereocenters. The summed E-state index contributed by atoms with van der Waals surface area (Å²) >= 11 is 1.65. The fourth-order valence-corrected chi connectivity index (χ4v) is 3.43. The van der Waals surface area contributed by atoms with Crippen LogP contribution in [0.4, 0.5) is 0 Å². The summed E-state index contributed by atoms with van der Waals surface area (Å²) in [6, 6.07) is 17.7. The molecule has 0 bridgehead atoms. The van der Waals surface area contributed by atoms with E-state index in [0.29, 0.717) is 13.0 Å². The van der Waals surface area contributed by atoms with E-state index < -0.39 is 6.10 Å². The maximum absolute atomic E-state index is 10.5. The summed E-state index contributed by atoms with van der Waals surface area (Å²) in [5.41, 5.74) is 3.02. The lowest BCUT2D eigenvalue weighted by atomic mass is 10.1. The SMILES string of the molecule is Cc1nc(CC(O)c2cccc(OCc3ccccc3)c2)sc1C. The van der Waals surface area contributed by atoms with Gasteiger partial charge in [-0.2, -0.15) is 0 Å². The quantitative estimate of drug-likeness (QED) is 0.713. The van der Waals surface area contributed by atoms with Gasteiger partial charge in [0.15, 0.2) is 0 Å². The van der Waals surface area contributed by atoms with Crippen molar-refractivity contribution in [2.75, 3.05) is 0 Å². The zero-order valence-corrected chi connectivity index (χ0v) is 14.7. The van der Waals surface area contributed by atoms with Crippen LogP contribution in [0.2, 0.25) is 0 Å². The van der Waals surface area contributed by atoms with Crippen LogP contribution in [-0.4, -0.2) is 10.1 Å². The van der Waals surface area contributed by atoms with Crippen LogP contribution in [0.5, 0.6) is 5.75 Å². The molecule has 0 saturated heterocycles. The third-order valence-corrected chi connectivity index (χ3v) is 5.03. The molecule has 1 N–H and O–H groups in total. The summed E-state index contributed by atoms with van der Waals surface area (Å²) in [6.07, 6.45) is -0.0446. The molecular weight excluding hydrogens is 318 g/mol. The van der Waals surface area contributed by atoms with Crippen LogP contribution in [0.25, 0.3) is 0 Å². The smallest absolute Gasteiger partial charge is 0.120 e. The Morgan fingerprint density at radius 2 is 1.88 bits per heavy atom. The fraction of sp³-hybridized carbons (Fsp3) is 0.250. The number of hydrogen-bond acceptors (Lipinski definition) is 4. The second-order valence-electron chi connectivity index (χ2n) is 5.82. The van der Waals surface area contributed by atoms with Crippen LogP contribution >= 0.6 is 11.3 Å². The molecule has 0 amide bonds. The second kappa shape index (κ2) is 7.60. The number of aliphatic hydroxyl groups excluding tert-OH is 1. The van der Waals surface area contributed by atoms with E-state index in [2.05, 4.69) is 11.9 Å². The van der Waals surface area contributed by atoms with Crippen molar-refractivity contribution in [3.05, 3.63) is 81.3 Å². The number of aromatic nitrogens is 1. The molecule has 0 aliphatic rings. The van der Waals surface area contributed by atoms with Gasteiger partial charge in [0.05, 0.1) is 16.8 Å². The first-order chi connectivity index (χ1) is 11.6. The van der Waals surface area contributed by atoms with E-state index in [4.69, 9.17) is 4.74 Å². The van der Waals surface area contributed by atoms with E-state index in [1.165, 1.54) is 4.88 Å². The second-order valence-corrected chi connectivity index (χ2v) is 7.10. The fourth-order valence-electron chi connectivity index (χ4n) is 2.46. The highest BCUT2D eigenvalue weighted by atomic mass is 32.1. The van der Waals surface area contributed by atoms with Gasteiger partial charge in [-0.25, -0.2) is 4.98 Å². The average Bonchev–Trinajstić information content (AvgIpc) is 2.91. The lowest BCUT2D eigenvalue weighted by Gasteiger charge is -2.12. The number of aliphatic hydroxyl groups is 1. The Labute approximate surface area is 146 Å². The topological polar surface area (TPSA) is 42.4 Å². The van der Waals surface area contributed by atoms with E-state index in [9.17, 15) is 5.11 Å². The van der Waals surface area contributed by atoms with E-state index in [1.54, 1.807) is 11.3 Å². The van der Waals surface area contributed by atoms with Crippen LogP contribution in [0.15, 0.2) is 54.6 Å². The Morgan fingerprint density at radius 1 is 1.08 bits per heavy atom. The van der Waals surface area contributed by atoms with Gasteiger partial charge < -0.3 is 9.84 Å². The molecule has 0 aliphatic carbocycles. The van der Waals surface area contributed by atoms with Crippen molar-refractivity contribution in [1.29, 1.82) is 0 Å². The van der Waals surface area contributed by atoms with E-state index >= 15 is 0 Å². The molecular formula is C20H21NO2S. The largest absolute Gasteiger partial charge is 0.489 e. The van der Waals surface area contributed by atoms with Crippen molar-refractivity contribution in [3.63, 3.8) is 0 Å². The molecule has 3 nitrogen and oxygen atoms in total. The van der Waals surface area contributed by atoms with Crippen molar-refractivity contribution < 1.29 is 9.84 Å². The molecule has 3 rings (SSSR count). The van der Waals surface area contributed by atoms with Crippen LogP contribution in [0, 0.1) is 13.8 Å². The minimum atomic E-state index is -0.574. The maximum atomic E-state index is 10.5. The van der Waals surface area contributed by atoms with E-state index in [1.807, 2.05) is 61.5 Å². The molecule has 0 fully saturated rings. The highest BCUT2D eigenvalue weighted by molar-refractivity contribution is 7.11. The summed E-state index contributed by atoms with van der Waals surface area (Å²) in [5.74, 6) is 0.766. The predicted octanol–water partition coefficient (Wildman–Crippen LogP) is 4.62. The molecule has 1 aromatic heterocycles. The zero-order chi connectivity index (χ0) is 16.9. The van der Waals surface area contributed by atoms with Crippen molar-refractivity contribution in [3.8, 4) is 5.75 Å². The summed E-state index contributed by atoms with van der Waals surface area (Å²) in [7, 11) is 0. The molecule has 1 unspecified atom stereocenters. The van der Waals surface area contributed by atoms with Crippen LogP contribution in [-0.2, 0) is 13.0 Å². The third kappa shape index (κ3) is 4.22. The van der Waals surface area contributed by atoms with Crippen molar-refractivity contribution >= 4 is 11.3 Å². The first kappa shape index (κ1) is 16.7. The summed E-state index contributed by atoms with van der Waals surface area (Å²) < 4.78 is 5.83. The number of aryl methyl sites for hydroxylation is 2. The van der Waals surface area contributed by atoms with Crippen molar-refractivity contribution in [1.82, 2.24) is 4.98 Å². The van der Waals surface area contributed by atoms with E-state index in [-0.39, 0.29) is 0 Å². The summed E-state index contributed by atoms with van der Waals surface area (Å²) in [4.78, 5) is 5.71. The predicted molar refractivity (Wildman–Crippen MR) is 97.5 cm³/mol. The minimum absolute atomic E-state index is 0.519. The first-order valence-corrected chi connectivity index (χ1v) is 8.81. The molecule has 4 heteroatoms. The lowest BCUT2D eigenvalue weighted by molar-refractivity contribution is 0.177. The van der Waals surface area contributed by atoms with Gasteiger partial charge in [-0.15, -0.1) is 11.3 Å². The Hall–Kier alpha value is -2.17. The molecule has 2 aromatic carbocycles. The van der Waals surface area contributed by atoms with Crippen LogP contribution < -0.4 is 4.74 Å². The molecule has 1 heterocycles. The summed E-state index contributed by atoms with van der Waals surface area (Å²) in [5, 5.41) is 11.5. The van der Waals surface area contributed by atoms with Crippen LogP contribution in [0.3, 0.4) is 0 Å². The third-order valence-electron chi connectivity index (χ3n) is 3.93. The monoisotopic (exact) mass is 339 g/mol. The number of rotatable bonds is 6. The number of thiazole rings is 1. The maximum Gasteiger partial charge on any atom is 0.120 e. The molecule has 0 radical (unpaired) electrons. The van der Waals surface area contributed by atoms with Gasteiger partial charge >= 0.3 is 0 Å². The Kier molecular flexibility index (Phi) is 5.28. The van der Waals surface area contributed by atoms with Gasteiger partial charge in [-0.1, -0.05) is 42.5 Å². The number of nitrogens with zero attached hydrogens (tertiary/aromatic N) is 1. The standard InChI is InChI=1S/C20H21NO2S/c1-14-15(2)24-20(21-14)12-19(22)17-9-6-10-18(11-17)23-13-16-7-4-3-5-8-16/h3-11,19,22H,12-13H2,1-2H3. The lowest BCUT2D eigenvalue weighted by Crippen LogP contribution is -2.02. The van der Waals surface area contributed by atoms with Gasteiger partial charge in [0.25, 0.3) is 0 Å². The zero-order valence-electron chi connectivity index (χ0n) is 13.9. The van der Waals surface area contributed by atoms with Crippen molar-refractivity contribution in [2.45, 2.75) is 33.0 Å². The number of hydrogen-bond donors (Lipinski definition) is 1. The van der Waals surface area contributed by atoms with Gasteiger partial charge in [0.1, 0.15) is 12.4 Å². The first-order valence-electron chi connectivity index (χ1n) is 7.99. The average molecular weight is 339 g/mol. The Morgan fingerprint density at radius 3 is 2.58 bits per heavy atom. The number of ether oxygens (including phenoxy) is 1. The van der Waals surface area contributed by atoms with Gasteiger partial charge in [0, 0.05) is 11.3 Å². The van der Waals surface area contributed by atoms with Gasteiger partial charge in [-0.05, 0) is 37.1 Å². The van der Waals surface area contributed by atoms with Crippen LogP contribution in [0.1, 0.15) is 32.8 Å².